The molecular formula is C18H17ClN2O2. The highest BCUT2D eigenvalue weighted by atomic mass is 35.5. The molecule has 0 bridgehead atoms. The van der Waals surface area contributed by atoms with Gasteiger partial charge in [0.1, 0.15) is 5.54 Å². The number of carbonyl (C=O) groups is 2. The Morgan fingerprint density at radius 2 is 1.57 bits per heavy atom. The van der Waals surface area contributed by atoms with Crippen LogP contribution in [0.4, 0.5) is 10.5 Å². The van der Waals surface area contributed by atoms with Crippen molar-refractivity contribution in [2.75, 3.05) is 4.90 Å². The van der Waals surface area contributed by atoms with Gasteiger partial charge in [-0.15, -0.1) is 0 Å². The van der Waals surface area contributed by atoms with Gasteiger partial charge in [-0.1, -0.05) is 41.9 Å². The molecule has 118 valence electrons. The zero-order valence-corrected chi connectivity index (χ0v) is 13.7. The van der Waals surface area contributed by atoms with Gasteiger partial charge in [0.2, 0.25) is 0 Å². The Morgan fingerprint density at radius 1 is 0.957 bits per heavy atom. The Hall–Kier alpha value is -2.33. The van der Waals surface area contributed by atoms with Gasteiger partial charge in [0.05, 0.1) is 5.69 Å². The first-order valence-electron chi connectivity index (χ1n) is 7.37. The average Bonchev–Trinajstić information content (AvgIpc) is 2.70. The number of carbonyl (C=O) groups excluding carboxylic acids is 2. The van der Waals surface area contributed by atoms with Crippen molar-refractivity contribution in [3.8, 4) is 0 Å². The summed E-state index contributed by atoms with van der Waals surface area (Å²) in [5, 5.41) is 0.563. The summed E-state index contributed by atoms with van der Waals surface area (Å²) < 4.78 is 0. The van der Waals surface area contributed by atoms with E-state index in [-0.39, 0.29) is 11.9 Å². The second-order valence-corrected chi connectivity index (χ2v) is 6.47. The first kappa shape index (κ1) is 15.6. The highest BCUT2D eigenvalue weighted by Crippen LogP contribution is 2.33. The first-order valence-corrected chi connectivity index (χ1v) is 7.75. The van der Waals surface area contributed by atoms with Crippen LogP contribution in [0.3, 0.4) is 0 Å². The predicted octanol–water partition coefficient (Wildman–Crippen LogP) is 4.09. The van der Waals surface area contributed by atoms with Gasteiger partial charge in [-0.05, 0) is 43.7 Å². The monoisotopic (exact) mass is 328 g/mol. The molecule has 2 aromatic carbocycles. The van der Waals surface area contributed by atoms with Gasteiger partial charge in [0, 0.05) is 11.6 Å². The van der Waals surface area contributed by atoms with Gasteiger partial charge in [-0.25, -0.2) is 9.69 Å². The molecule has 4 nitrogen and oxygen atoms in total. The average molecular weight is 329 g/mol. The van der Waals surface area contributed by atoms with Gasteiger partial charge >= 0.3 is 6.03 Å². The summed E-state index contributed by atoms with van der Waals surface area (Å²) in [7, 11) is 0. The van der Waals surface area contributed by atoms with Gasteiger partial charge in [-0.2, -0.15) is 0 Å². The van der Waals surface area contributed by atoms with Crippen molar-refractivity contribution in [1.29, 1.82) is 0 Å². The molecule has 0 atom stereocenters. The zero-order valence-electron chi connectivity index (χ0n) is 13.0. The molecule has 1 fully saturated rings. The fraction of sp³-hybridized carbons (Fsp3) is 0.222. The van der Waals surface area contributed by atoms with Crippen LogP contribution in [-0.4, -0.2) is 22.4 Å². The quantitative estimate of drug-likeness (QED) is 0.796. The summed E-state index contributed by atoms with van der Waals surface area (Å²) in [4.78, 5) is 28.4. The lowest BCUT2D eigenvalue weighted by Gasteiger charge is -2.27. The number of hydrogen-bond acceptors (Lipinski definition) is 2. The number of hydrogen-bond donors (Lipinski definition) is 0. The predicted molar refractivity (Wildman–Crippen MR) is 90.4 cm³/mol. The molecule has 0 radical (unpaired) electrons. The Labute approximate surface area is 140 Å². The summed E-state index contributed by atoms with van der Waals surface area (Å²) in [5.74, 6) is -0.235. The van der Waals surface area contributed by atoms with Crippen LogP contribution in [-0.2, 0) is 11.3 Å². The topological polar surface area (TPSA) is 40.6 Å². The minimum absolute atomic E-state index is 0.235. The van der Waals surface area contributed by atoms with Crippen LogP contribution in [0.5, 0.6) is 0 Å². The number of rotatable bonds is 3. The highest BCUT2D eigenvalue weighted by molar-refractivity contribution is 6.30. The summed E-state index contributed by atoms with van der Waals surface area (Å²) in [5.41, 5.74) is 0.625. The van der Waals surface area contributed by atoms with E-state index >= 15 is 0 Å². The van der Waals surface area contributed by atoms with Crippen molar-refractivity contribution < 1.29 is 9.59 Å². The second kappa shape index (κ2) is 5.70. The minimum Gasteiger partial charge on any atom is -0.305 e. The Kier molecular flexibility index (Phi) is 3.86. The molecular weight excluding hydrogens is 312 g/mol. The van der Waals surface area contributed by atoms with E-state index in [1.54, 1.807) is 43.0 Å². The summed E-state index contributed by atoms with van der Waals surface area (Å²) >= 11 is 5.88. The molecule has 3 amide bonds. The SMILES string of the molecule is CC1(C)C(=O)N(c2ccc(Cl)cc2)C(=O)N1Cc1ccccc1. The number of imide groups is 1. The summed E-state index contributed by atoms with van der Waals surface area (Å²) in [6.07, 6.45) is 0. The molecule has 1 aliphatic heterocycles. The molecule has 5 heteroatoms. The van der Waals surface area contributed by atoms with Crippen LogP contribution in [0, 0.1) is 0 Å². The van der Waals surface area contributed by atoms with Crippen LogP contribution < -0.4 is 4.90 Å². The van der Waals surface area contributed by atoms with Crippen LogP contribution in [0.15, 0.2) is 54.6 Å². The van der Waals surface area contributed by atoms with Crippen molar-refractivity contribution in [3.05, 3.63) is 65.2 Å². The number of halogens is 1. The molecule has 1 heterocycles. The largest absolute Gasteiger partial charge is 0.332 e. The van der Waals surface area contributed by atoms with Crippen LogP contribution in [0.25, 0.3) is 0 Å². The Balaban J connectivity index is 1.94. The fourth-order valence-electron chi connectivity index (χ4n) is 2.68. The van der Waals surface area contributed by atoms with Crippen molar-refractivity contribution >= 4 is 29.2 Å². The van der Waals surface area contributed by atoms with E-state index in [1.165, 1.54) is 4.90 Å². The summed E-state index contributed by atoms with van der Waals surface area (Å²) in [6, 6.07) is 16.0. The van der Waals surface area contributed by atoms with E-state index in [1.807, 2.05) is 30.3 Å². The molecule has 0 saturated carbocycles. The molecule has 0 unspecified atom stereocenters. The van der Waals surface area contributed by atoms with Gasteiger partial charge < -0.3 is 4.90 Å². The van der Waals surface area contributed by atoms with Gasteiger partial charge in [0.15, 0.2) is 0 Å². The molecule has 0 spiro atoms. The third-order valence-electron chi connectivity index (χ3n) is 4.09. The number of amides is 3. The zero-order chi connectivity index (χ0) is 16.6. The van der Waals surface area contributed by atoms with Crippen LogP contribution in [0.2, 0.25) is 5.02 Å². The standard InChI is InChI=1S/C18H17ClN2O2/c1-18(2)16(22)21(15-10-8-14(19)9-11-15)17(23)20(18)12-13-6-4-3-5-7-13/h3-11H,12H2,1-2H3. The maximum absolute atomic E-state index is 12.8. The lowest BCUT2D eigenvalue weighted by molar-refractivity contribution is -0.123. The van der Waals surface area contributed by atoms with Crippen LogP contribution in [0.1, 0.15) is 19.4 Å². The van der Waals surface area contributed by atoms with Gasteiger partial charge in [0.25, 0.3) is 5.91 Å². The summed E-state index contributed by atoms with van der Waals surface area (Å²) in [6.45, 7) is 3.93. The normalized spacial score (nSPS) is 17.0. The number of nitrogens with zero attached hydrogens (tertiary/aromatic N) is 2. The van der Waals surface area contributed by atoms with E-state index in [4.69, 9.17) is 11.6 Å². The highest BCUT2D eigenvalue weighted by Gasteiger charge is 2.51. The molecule has 0 N–H and O–H groups in total. The molecule has 2 aromatic rings. The van der Waals surface area contributed by atoms with Crippen molar-refractivity contribution in [2.24, 2.45) is 0 Å². The number of anilines is 1. The van der Waals surface area contributed by atoms with Crippen molar-refractivity contribution in [1.82, 2.24) is 4.90 Å². The molecule has 23 heavy (non-hydrogen) atoms. The van der Waals surface area contributed by atoms with E-state index in [0.29, 0.717) is 17.3 Å². The number of benzene rings is 2. The molecule has 3 rings (SSSR count). The van der Waals surface area contributed by atoms with Crippen molar-refractivity contribution in [3.63, 3.8) is 0 Å². The van der Waals surface area contributed by atoms with E-state index in [0.717, 1.165) is 5.56 Å². The molecule has 1 aliphatic rings. The Bertz CT molecular complexity index is 741. The lowest BCUT2D eigenvalue weighted by Crippen LogP contribution is -2.43. The van der Waals surface area contributed by atoms with E-state index in [2.05, 4.69) is 0 Å². The fourth-order valence-corrected chi connectivity index (χ4v) is 2.81. The van der Waals surface area contributed by atoms with Crippen molar-refractivity contribution in [2.45, 2.75) is 25.9 Å². The minimum atomic E-state index is -0.896. The number of urea groups is 1. The second-order valence-electron chi connectivity index (χ2n) is 6.03. The van der Waals surface area contributed by atoms with Gasteiger partial charge in [-0.3, -0.25) is 4.79 Å². The lowest BCUT2D eigenvalue weighted by atomic mass is 10.0. The van der Waals surface area contributed by atoms with E-state index < -0.39 is 5.54 Å². The first-order chi connectivity index (χ1) is 10.9. The molecule has 1 saturated heterocycles. The smallest absolute Gasteiger partial charge is 0.305 e. The third kappa shape index (κ3) is 2.70. The maximum Gasteiger partial charge on any atom is 0.332 e. The molecule has 0 aliphatic carbocycles. The van der Waals surface area contributed by atoms with E-state index in [9.17, 15) is 9.59 Å². The third-order valence-corrected chi connectivity index (χ3v) is 4.34. The Morgan fingerprint density at radius 3 is 2.17 bits per heavy atom. The van der Waals surface area contributed by atoms with Crippen LogP contribution >= 0.6 is 11.6 Å². The maximum atomic E-state index is 12.8. The molecule has 0 aromatic heterocycles.